The van der Waals surface area contributed by atoms with Gasteiger partial charge >= 0.3 is 0 Å². The molecule has 6 nitrogen and oxygen atoms in total. The van der Waals surface area contributed by atoms with Gasteiger partial charge in [-0.25, -0.2) is 0 Å². The molecule has 1 aromatic heterocycles. The first-order valence-electron chi connectivity index (χ1n) is 8.75. The van der Waals surface area contributed by atoms with Gasteiger partial charge in [0.2, 0.25) is 5.91 Å². The van der Waals surface area contributed by atoms with E-state index in [1.165, 1.54) is 0 Å². The van der Waals surface area contributed by atoms with Gasteiger partial charge in [-0.1, -0.05) is 30.3 Å². The Bertz CT molecular complexity index is 948. The molecule has 7 heteroatoms. The quantitative estimate of drug-likeness (QED) is 0.634. The summed E-state index contributed by atoms with van der Waals surface area (Å²) in [6.07, 6.45) is 0. The smallest absolute Gasteiger partial charge is 0.242 e. The molecule has 0 aliphatic rings. The van der Waals surface area contributed by atoms with Crippen LogP contribution in [0, 0.1) is 4.77 Å². The van der Waals surface area contributed by atoms with E-state index in [9.17, 15) is 4.79 Å². The normalized spacial score (nSPS) is 10.6. The number of nitrogens with zero attached hydrogens (tertiary/aromatic N) is 3. The molecule has 3 aromatic rings. The van der Waals surface area contributed by atoms with Gasteiger partial charge < -0.3 is 9.64 Å². The van der Waals surface area contributed by atoms with Crippen molar-refractivity contribution in [2.24, 2.45) is 0 Å². The third kappa shape index (κ3) is 4.62. The summed E-state index contributed by atoms with van der Waals surface area (Å²) in [4.78, 5) is 14.4. The van der Waals surface area contributed by atoms with Crippen LogP contribution < -0.4 is 4.74 Å². The van der Waals surface area contributed by atoms with Crippen molar-refractivity contribution < 1.29 is 9.53 Å². The summed E-state index contributed by atoms with van der Waals surface area (Å²) in [6, 6.07) is 17.5. The van der Waals surface area contributed by atoms with Gasteiger partial charge in [0.25, 0.3) is 0 Å². The SMILES string of the molecule is CCOc1ccc(-c2n[nH]c(=S)n2CC(=O)N(C)Cc2ccccc2)cc1. The van der Waals surface area contributed by atoms with Gasteiger partial charge in [0.05, 0.1) is 6.61 Å². The van der Waals surface area contributed by atoms with Crippen molar-refractivity contribution in [3.8, 4) is 17.1 Å². The minimum atomic E-state index is -0.0384. The van der Waals surface area contributed by atoms with Crippen molar-refractivity contribution in [1.82, 2.24) is 19.7 Å². The van der Waals surface area contributed by atoms with E-state index in [4.69, 9.17) is 17.0 Å². The Hall–Kier alpha value is -2.93. The second-order valence-electron chi connectivity index (χ2n) is 6.13. The number of aromatic nitrogens is 3. The molecule has 0 radical (unpaired) electrons. The lowest BCUT2D eigenvalue weighted by Gasteiger charge is -2.18. The molecule has 3 rings (SSSR count). The van der Waals surface area contributed by atoms with Crippen LogP contribution >= 0.6 is 12.2 Å². The van der Waals surface area contributed by atoms with Crippen molar-refractivity contribution in [3.63, 3.8) is 0 Å². The number of rotatable bonds is 7. The van der Waals surface area contributed by atoms with E-state index in [0.29, 0.717) is 23.7 Å². The Kier molecular flexibility index (Phi) is 6.03. The Morgan fingerprint density at radius 3 is 2.56 bits per heavy atom. The molecule has 0 fully saturated rings. The van der Waals surface area contributed by atoms with Crippen LogP contribution in [0.4, 0.5) is 0 Å². The lowest BCUT2D eigenvalue weighted by atomic mass is 10.2. The Labute approximate surface area is 163 Å². The highest BCUT2D eigenvalue weighted by Gasteiger charge is 2.15. The summed E-state index contributed by atoms with van der Waals surface area (Å²) in [5, 5.41) is 7.08. The van der Waals surface area contributed by atoms with Crippen LogP contribution in [0.1, 0.15) is 12.5 Å². The first-order chi connectivity index (χ1) is 13.1. The first kappa shape index (κ1) is 18.8. The molecule has 2 aromatic carbocycles. The number of aromatic amines is 1. The number of H-pyrrole nitrogens is 1. The molecule has 0 unspecified atom stereocenters. The largest absolute Gasteiger partial charge is 0.494 e. The molecule has 1 amide bonds. The van der Waals surface area contributed by atoms with E-state index in [0.717, 1.165) is 16.9 Å². The molecule has 0 bridgehead atoms. The van der Waals surface area contributed by atoms with Gasteiger partial charge in [-0.05, 0) is 49.0 Å². The molecule has 0 saturated carbocycles. The van der Waals surface area contributed by atoms with E-state index < -0.39 is 0 Å². The molecule has 0 spiro atoms. The number of likely N-dealkylation sites (N-methyl/N-ethyl adjacent to an activating group) is 1. The highest BCUT2D eigenvalue weighted by atomic mass is 32.1. The number of amides is 1. The van der Waals surface area contributed by atoms with E-state index in [-0.39, 0.29) is 12.5 Å². The van der Waals surface area contributed by atoms with Gasteiger partial charge in [0.15, 0.2) is 10.6 Å². The molecule has 140 valence electrons. The predicted octanol–water partition coefficient (Wildman–Crippen LogP) is 3.66. The first-order valence-corrected chi connectivity index (χ1v) is 9.15. The lowest BCUT2D eigenvalue weighted by molar-refractivity contribution is -0.131. The molecule has 0 aliphatic carbocycles. The second-order valence-corrected chi connectivity index (χ2v) is 6.52. The van der Waals surface area contributed by atoms with Crippen molar-refractivity contribution in [3.05, 3.63) is 64.9 Å². The highest BCUT2D eigenvalue weighted by molar-refractivity contribution is 7.71. The maximum atomic E-state index is 12.7. The highest BCUT2D eigenvalue weighted by Crippen LogP contribution is 2.21. The molecule has 0 atom stereocenters. The zero-order valence-corrected chi connectivity index (χ0v) is 16.2. The predicted molar refractivity (Wildman–Crippen MR) is 107 cm³/mol. The molecular formula is C20H22N4O2S. The van der Waals surface area contributed by atoms with Crippen molar-refractivity contribution in [2.75, 3.05) is 13.7 Å². The maximum Gasteiger partial charge on any atom is 0.242 e. The van der Waals surface area contributed by atoms with Gasteiger partial charge in [0, 0.05) is 19.2 Å². The maximum absolute atomic E-state index is 12.7. The summed E-state index contributed by atoms with van der Waals surface area (Å²) < 4.78 is 7.60. The summed E-state index contributed by atoms with van der Waals surface area (Å²) >= 11 is 5.32. The number of ether oxygens (including phenoxy) is 1. The van der Waals surface area contributed by atoms with E-state index in [2.05, 4.69) is 10.2 Å². The Balaban J connectivity index is 1.76. The molecule has 1 N–H and O–H groups in total. The van der Waals surface area contributed by atoms with Gasteiger partial charge in [-0.15, -0.1) is 0 Å². The van der Waals surface area contributed by atoms with Crippen LogP contribution in [0.5, 0.6) is 5.75 Å². The fourth-order valence-corrected chi connectivity index (χ4v) is 2.95. The number of benzene rings is 2. The average molecular weight is 382 g/mol. The summed E-state index contributed by atoms with van der Waals surface area (Å²) in [6.45, 7) is 3.22. The van der Waals surface area contributed by atoms with Crippen LogP contribution in [-0.2, 0) is 17.9 Å². The Morgan fingerprint density at radius 2 is 1.89 bits per heavy atom. The summed E-state index contributed by atoms with van der Waals surface area (Å²) in [7, 11) is 1.79. The van der Waals surface area contributed by atoms with Crippen molar-refractivity contribution in [2.45, 2.75) is 20.0 Å². The monoisotopic (exact) mass is 382 g/mol. The number of carbonyl (C=O) groups is 1. The molecular weight excluding hydrogens is 360 g/mol. The van der Waals surface area contributed by atoms with E-state index in [1.807, 2.05) is 61.5 Å². The summed E-state index contributed by atoms with van der Waals surface area (Å²) in [5.41, 5.74) is 1.94. The minimum Gasteiger partial charge on any atom is -0.494 e. The van der Waals surface area contributed by atoms with E-state index >= 15 is 0 Å². The van der Waals surface area contributed by atoms with Crippen molar-refractivity contribution in [1.29, 1.82) is 0 Å². The van der Waals surface area contributed by atoms with Crippen LogP contribution in [-0.4, -0.2) is 39.2 Å². The van der Waals surface area contributed by atoms with Gasteiger partial charge in [0.1, 0.15) is 12.3 Å². The standard InChI is InChI=1S/C20H22N4O2S/c1-3-26-17-11-9-16(10-12-17)19-21-22-20(27)24(19)14-18(25)23(2)13-15-7-5-4-6-8-15/h4-12H,3,13-14H2,1-2H3,(H,22,27). The minimum absolute atomic E-state index is 0.0384. The zero-order valence-electron chi connectivity index (χ0n) is 15.4. The van der Waals surface area contributed by atoms with Gasteiger partial charge in [-0.3, -0.25) is 14.5 Å². The third-order valence-corrected chi connectivity index (χ3v) is 4.48. The zero-order chi connectivity index (χ0) is 19.2. The molecule has 0 aliphatic heterocycles. The topological polar surface area (TPSA) is 63.1 Å². The lowest BCUT2D eigenvalue weighted by Crippen LogP contribution is -2.30. The van der Waals surface area contributed by atoms with E-state index in [1.54, 1.807) is 16.5 Å². The average Bonchev–Trinajstić information content (AvgIpc) is 3.04. The Morgan fingerprint density at radius 1 is 1.19 bits per heavy atom. The fourth-order valence-electron chi connectivity index (χ4n) is 2.75. The number of hydrogen-bond donors (Lipinski definition) is 1. The second kappa shape index (κ2) is 8.64. The van der Waals surface area contributed by atoms with Crippen LogP contribution in [0.15, 0.2) is 54.6 Å². The van der Waals surface area contributed by atoms with Crippen LogP contribution in [0.3, 0.4) is 0 Å². The van der Waals surface area contributed by atoms with Gasteiger partial charge in [-0.2, -0.15) is 5.10 Å². The molecule has 27 heavy (non-hydrogen) atoms. The fraction of sp³-hybridized carbons (Fsp3) is 0.250. The number of carbonyl (C=O) groups excluding carboxylic acids is 1. The molecule has 0 saturated heterocycles. The number of nitrogens with one attached hydrogen (secondary N) is 1. The third-order valence-electron chi connectivity index (χ3n) is 4.16. The van der Waals surface area contributed by atoms with Crippen LogP contribution in [0.2, 0.25) is 0 Å². The van der Waals surface area contributed by atoms with Crippen molar-refractivity contribution >= 4 is 18.1 Å². The number of hydrogen-bond acceptors (Lipinski definition) is 4. The molecule has 1 heterocycles. The summed E-state index contributed by atoms with van der Waals surface area (Å²) in [5.74, 6) is 1.38. The van der Waals surface area contributed by atoms with Crippen LogP contribution in [0.25, 0.3) is 11.4 Å².